The normalized spacial score (nSPS) is 17.0. The summed E-state index contributed by atoms with van der Waals surface area (Å²) < 4.78 is 1.88. The molecule has 1 unspecified atom stereocenters. The molecule has 1 aliphatic heterocycles. The highest BCUT2D eigenvalue weighted by Gasteiger charge is 2.31. The molecule has 0 radical (unpaired) electrons. The molecule has 0 bridgehead atoms. The number of aromatic nitrogens is 4. The van der Waals surface area contributed by atoms with E-state index in [9.17, 15) is 4.79 Å². The van der Waals surface area contributed by atoms with Crippen molar-refractivity contribution in [2.45, 2.75) is 45.6 Å². The van der Waals surface area contributed by atoms with Gasteiger partial charge >= 0.3 is 0 Å². The Morgan fingerprint density at radius 1 is 1.27 bits per heavy atom. The van der Waals surface area contributed by atoms with Crippen LogP contribution in [-0.2, 0) is 18.3 Å². The second-order valence-electron chi connectivity index (χ2n) is 7.23. The first-order valence-electron chi connectivity index (χ1n) is 9.18. The van der Waals surface area contributed by atoms with Gasteiger partial charge in [0.15, 0.2) is 5.82 Å². The first-order valence-corrected chi connectivity index (χ1v) is 9.18. The number of anilines is 1. The van der Waals surface area contributed by atoms with E-state index in [2.05, 4.69) is 22.2 Å². The number of rotatable bonds is 5. The minimum Gasteiger partial charge on any atom is -0.361 e. The fourth-order valence-electron chi connectivity index (χ4n) is 3.68. The fourth-order valence-corrected chi connectivity index (χ4v) is 3.68. The van der Waals surface area contributed by atoms with Gasteiger partial charge in [0.1, 0.15) is 0 Å². The average Bonchev–Trinajstić information content (AvgIpc) is 3.19. The van der Waals surface area contributed by atoms with Gasteiger partial charge in [-0.25, -0.2) is 0 Å². The Labute approximate surface area is 155 Å². The molecule has 26 heavy (non-hydrogen) atoms. The summed E-state index contributed by atoms with van der Waals surface area (Å²) in [5, 5.41) is 13.1. The number of likely N-dealkylation sites (tertiary alicyclic amines) is 1. The zero-order valence-corrected chi connectivity index (χ0v) is 16.4. The van der Waals surface area contributed by atoms with Crippen molar-refractivity contribution in [3.63, 3.8) is 0 Å². The highest BCUT2D eigenvalue weighted by atomic mass is 16.2. The molecule has 1 atom stereocenters. The van der Waals surface area contributed by atoms with E-state index in [1.165, 1.54) is 5.56 Å². The number of nitrogens with zero attached hydrogens (tertiary/aromatic N) is 6. The summed E-state index contributed by atoms with van der Waals surface area (Å²) in [5.74, 6) is 1.01. The first-order chi connectivity index (χ1) is 12.4. The summed E-state index contributed by atoms with van der Waals surface area (Å²) in [5.41, 5.74) is 4.22. The van der Waals surface area contributed by atoms with Crippen molar-refractivity contribution >= 4 is 11.7 Å². The Morgan fingerprint density at radius 3 is 2.62 bits per heavy atom. The molecule has 1 amide bonds. The topological polar surface area (TPSA) is 67.2 Å². The van der Waals surface area contributed by atoms with Crippen LogP contribution >= 0.6 is 0 Å². The van der Waals surface area contributed by atoms with Crippen LogP contribution in [0.1, 0.15) is 47.9 Å². The molecule has 1 aliphatic rings. The van der Waals surface area contributed by atoms with E-state index in [4.69, 9.17) is 0 Å². The number of hydrogen-bond donors (Lipinski definition) is 0. The van der Waals surface area contributed by atoms with Gasteiger partial charge in [0.2, 0.25) is 5.91 Å². The van der Waals surface area contributed by atoms with Gasteiger partial charge in [-0.2, -0.15) is 10.2 Å². The monoisotopic (exact) mass is 356 g/mol. The lowest BCUT2D eigenvalue weighted by Crippen LogP contribution is -2.31. The van der Waals surface area contributed by atoms with Crippen LogP contribution in [0.15, 0.2) is 12.1 Å². The lowest BCUT2D eigenvalue weighted by Gasteiger charge is -2.24. The lowest BCUT2D eigenvalue weighted by atomic mass is 10.1. The fraction of sp³-hybridized carbons (Fsp3) is 0.579. The summed E-state index contributed by atoms with van der Waals surface area (Å²) in [6, 6.07) is 4.00. The minimum atomic E-state index is 0.0438. The van der Waals surface area contributed by atoms with Gasteiger partial charge in [-0.05, 0) is 50.8 Å². The average molecular weight is 356 g/mol. The first kappa shape index (κ1) is 18.4. The Hall–Kier alpha value is -2.44. The molecule has 1 saturated heterocycles. The maximum atomic E-state index is 12.8. The van der Waals surface area contributed by atoms with Crippen LogP contribution in [-0.4, -0.2) is 51.4 Å². The van der Waals surface area contributed by atoms with Crippen LogP contribution in [0, 0.1) is 13.8 Å². The Bertz CT molecular complexity index is 780. The van der Waals surface area contributed by atoms with Gasteiger partial charge in [0, 0.05) is 39.8 Å². The van der Waals surface area contributed by atoms with Gasteiger partial charge in [0.25, 0.3) is 0 Å². The van der Waals surface area contributed by atoms with Gasteiger partial charge in [-0.15, -0.1) is 5.10 Å². The Morgan fingerprint density at radius 2 is 2.04 bits per heavy atom. The smallest absolute Gasteiger partial charge is 0.223 e. The predicted molar refractivity (Wildman–Crippen MR) is 101 cm³/mol. The van der Waals surface area contributed by atoms with Crippen LogP contribution in [0.25, 0.3) is 0 Å². The standard InChI is InChI=1S/C19H28N6O/c1-13-15(14(2)24(5)22-13)8-11-19(26)25-12-6-7-17(25)16-9-10-18(21-20-16)23(3)4/h9-10,17H,6-8,11-12H2,1-5H3. The van der Waals surface area contributed by atoms with Crippen LogP contribution < -0.4 is 4.90 Å². The molecule has 7 nitrogen and oxygen atoms in total. The largest absolute Gasteiger partial charge is 0.361 e. The molecule has 1 fully saturated rings. The van der Waals surface area contributed by atoms with E-state index < -0.39 is 0 Å². The van der Waals surface area contributed by atoms with Crippen molar-refractivity contribution < 1.29 is 4.79 Å². The molecular weight excluding hydrogens is 328 g/mol. The molecule has 2 aromatic heterocycles. The molecule has 7 heteroatoms. The van der Waals surface area contributed by atoms with E-state index in [1.54, 1.807) is 0 Å². The molecule has 140 valence electrons. The molecule has 3 heterocycles. The summed E-state index contributed by atoms with van der Waals surface area (Å²) in [7, 11) is 5.83. The number of amides is 1. The third-order valence-electron chi connectivity index (χ3n) is 5.29. The quantitative estimate of drug-likeness (QED) is 0.821. The third kappa shape index (κ3) is 3.57. The summed E-state index contributed by atoms with van der Waals surface area (Å²) >= 11 is 0. The van der Waals surface area contributed by atoms with Crippen molar-refractivity contribution in [2.75, 3.05) is 25.5 Å². The molecule has 0 aliphatic carbocycles. The number of carbonyl (C=O) groups excluding carboxylic acids is 1. The van der Waals surface area contributed by atoms with Gasteiger partial charge in [0.05, 0.1) is 17.4 Å². The summed E-state index contributed by atoms with van der Waals surface area (Å²) in [6.45, 7) is 4.86. The maximum Gasteiger partial charge on any atom is 0.223 e. The molecule has 3 rings (SSSR count). The van der Waals surface area contributed by atoms with E-state index >= 15 is 0 Å². The van der Waals surface area contributed by atoms with Gasteiger partial charge in [-0.3, -0.25) is 9.48 Å². The van der Waals surface area contributed by atoms with E-state index in [0.717, 1.165) is 48.7 Å². The van der Waals surface area contributed by atoms with E-state index in [0.29, 0.717) is 6.42 Å². The second-order valence-corrected chi connectivity index (χ2v) is 7.23. The second kappa shape index (κ2) is 7.43. The highest BCUT2D eigenvalue weighted by molar-refractivity contribution is 5.77. The van der Waals surface area contributed by atoms with Crippen LogP contribution in [0.4, 0.5) is 5.82 Å². The van der Waals surface area contributed by atoms with Crippen LogP contribution in [0.2, 0.25) is 0 Å². The minimum absolute atomic E-state index is 0.0438. The molecular formula is C19H28N6O. The third-order valence-corrected chi connectivity index (χ3v) is 5.29. The maximum absolute atomic E-state index is 12.8. The molecule has 2 aromatic rings. The van der Waals surface area contributed by atoms with Crippen LogP contribution in [0.5, 0.6) is 0 Å². The van der Waals surface area contributed by atoms with Crippen molar-refractivity contribution in [3.05, 3.63) is 34.8 Å². The molecule has 0 saturated carbocycles. The number of carbonyl (C=O) groups is 1. The Kier molecular flexibility index (Phi) is 5.25. The van der Waals surface area contributed by atoms with E-state index in [1.807, 2.05) is 54.7 Å². The zero-order valence-electron chi connectivity index (χ0n) is 16.4. The highest BCUT2D eigenvalue weighted by Crippen LogP contribution is 2.31. The number of hydrogen-bond acceptors (Lipinski definition) is 5. The molecule has 0 N–H and O–H groups in total. The molecule has 0 aromatic carbocycles. The van der Waals surface area contributed by atoms with Crippen molar-refractivity contribution in [2.24, 2.45) is 7.05 Å². The van der Waals surface area contributed by atoms with E-state index in [-0.39, 0.29) is 11.9 Å². The number of aryl methyl sites for hydroxylation is 2. The zero-order chi connectivity index (χ0) is 18.8. The lowest BCUT2D eigenvalue weighted by molar-refractivity contribution is -0.132. The van der Waals surface area contributed by atoms with Gasteiger partial charge in [-0.1, -0.05) is 0 Å². The molecule has 0 spiro atoms. The van der Waals surface area contributed by atoms with Crippen molar-refractivity contribution in [1.29, 1.82) is 0 Å². The Balaban J connectivity index is 1.68. The SMILES string of the molecule is Cc1nn(C)c(C)c1CCC(=O)N1CCCC1c1ccc(N(C)C)nn1. The summed E-state index contributed by atoms with van der Waals surface area (Å²) in [4.78, 5) is 16.7. The van der Waals surface area contributed by atoms with Crippen molar-refractivity contribution in [1.82, 2.24) is 24.9 Å². The van der Waals surface area contributed by atoms with Crippen molar-refractivity contribution in [3.8, 4) is 0 Å². The van der Waals surface area contributed by atoms with Gasteiger partial charge < -0.3 is 9.80 Å². The van der Waals surface area contributed by atoms with Crippen LogP contribution in [0.3, 0.4) is 0 Å². The summed E-state index contributed by atoms with van der Waals surface area (Å²) in [6.07, 6.45) is 3.21. The predicted octanol–water partition coefficient (Wildman–Crippen LogP) is 2.19.